The summed E-state index contributed by atoms with van der Waals surface area (Å²) in [6.07, 6.45) is 0. The van der Waals surface area contributed by atoms with Crippen LogP contribution < -0.4 is 0 Å². The molecule has 1 heterocycles. The summed E-state index contributed by atoms with van der Waals surface area (Å²) in [6, 6.07) is 22.2. The predicted molar refractivity (Wildman–Crippen MR) is 125 cm³/mol. The second kappa shape index (κ2) is 7.23. The molecule has 0 spiro atoms. The zero-order chi connectivity index (χ0) is 20.8. The normalized spacial score (nSPS) is 12.5. The Morgan fingerprint density at radius 1 is 0.517 bits per heavy atom. The molecule has 0 N–H and O–H groups in total. The average molecular weight is 447 g/mol. The Bertz CT molecular complexity index is 1050. The van der Waals surface area contributed by atoms with Gasteiger partial charge in [0.1, 0.15) is 0 Å². The van der Waals surface area contributed by atoms with E-state index in [1.54, 1.807) is 0 Å². The number of nitrogens with zero attached hydrogens (tertiary/aromatic N) is 2. The number of hydrogen-bond acceptors (Lipinski definition) is 2. The monoisotopic (exact) mass is 448 g/mol. The van der Waals surface area contributed by atoms with Gasteiger partial charge in [-0.15, -0.1) is 0 Å². The average Bonchev–Trinajstić information content (AvgIpc) is 3.16. The van der Waals surface area contributed by atoms with Gasteiger partial charge < -0.3 is 0 Å². The maximum absolute atomic E-state index is 4.79. The first-order valence-electron chi connectivity index (χ1n) is 10.1. The van der Waals surface area contributed by atoms with Crippen LogP contribution in [0.2, 0.25) is 0 Å². The first-order valence-corrected chi connectivity index (χ1v) is 11.6. The van der Waals surface area contributed by atoms with E-state index in [4.69, 9.17) is 7.96 Å². The van der Waals surface area contributed by atoms with E-state index in [2.05, 4.69) is 102 Å². The van der Waals surface area contributed by atoms with E-state index in [-0.39, 0.29) is 25.8 Å². The van der Waals surface area contributed by atoms with E-state index in [0.29, 0.717) is 0 Å². The minimum absolute atomic E-state index is 0.0656. The van der Waals surface area contributed by atoms with Gasteiger partial charge in [0.15, 0.2) is 0 Å². The van der Waals surface area contributed by atoms with Gasteiger partial charge in [-0.05, 0) is 0 Å². The van der Waals surface area contributed by atoms with Crippen LogP contribution >= 0.6 is 0 Å². The molecule has 0 aliphatic rings. The second-order valence-electron chi connectivity index (χ2n) is 9.78. The van der Waals surface area contributed by atoms with Gasteiger partial charge >= 0.3 is 180 Å². The van der Waals surface area contributed by atoms with E-state index >= 15 is 0 Å². The molecule has 4 aromatic rings. The van der Waals surface area contributed by atoms with Crippen LogP contribution in [0.5, 0.6) is 0 Å². The van der Waals surface area contributed by atoms with Crippen molar-refractivity contribution in [2.24, 2.45) is 0 Å². The van der Waals surface area contributed by atoms with Crippen molar-refractivity contribution in [3.05, 3.63) is 71.8 Å². The summed E-state index contributed by atoms with van der Waals surface area (Å²) in [5.74, 6) is 0. The Balaban J connectivity index is 1.77. The van der Waals surface area contributed by atoms with E-state index in [0.717, 1.165) is 11.0 Å². The van der Waals surface area contributed by atoms with Crippen molar-refractivity contribution in [3.63, 3.8) is 0 Å². The first-order chi connectivity index (χ1) is 13.6. The van der Waals surface area contributed by atoms with Crippen molar-refractivity contribution >= 4 is 26.0 Å². The van der Waals surface area contributed by atoms with Gasteiger partial charge in [-0.1, -0.05) is 0 Å². The molecule has 0 atom stereocenters. The number of rotatable bonds is 2. The van der Waals surface area contributed by atoms with Crippen LogP contribution in [0.3, 0.4) is 0 Å². The Morgan fingerprint density at radius 2 is 0.862 bits per heavy atom. The molecule has 148 valence electrons. The van der Waals surface area contributed by atoms with Crippen LogP contribution in [-0.4, -0.2) is 22.9 Å². The molecule has 0 radical (unpaired) electrons. The Morgan fingerprint density at radius 3 is 1.17 bits per heavy atom. The third-order valence-electron chi connectivity index (χ3n) is 5.54. The van der Waals surface area contributed by atoms with Crippen molar-refractivity contribution in [2.75, 3.05) is 0 Å². The van der Waals surface area contributed by atoms with Gasteiger partial charge in [0.25, 0.3) is 0 Å². The van der Waals surface area contributed by atoms with E-state index in [1.165, 1.54) is 33.4 Å². The fourth-order valence-electron chi connectivity index (χ4n) is 3.63. The summed E-state index contributed by atoms with van der Waals surface area (Å²) in [7, 11) is 0. The van der Waals surface area contributed by atoms with Gasteiger partial charge in [0.05, 0.1) is 0 Å². The van der Waals surface area contributed by atoms with Crippen molar-refractivity contribution in [3.8, 4) is 22.3 Å². The Hall–Kier alpha value is -2.22. The molecule has 2 nitrogen and oxygen atoms in total. The van der Waals surface area contributed by atoms with Crippen LogP contribution in [0, 0.1) is 0 Å². The quantitative estimate of drug-likeness (QED) is 0.323. The molecule has 0 bridgehead atoms. The molecule has 0 aliphatic heterocycles. The molecule has 4 rings (SSSR count). The van der Waals surface area contributed by atoms with Gasteiger partial charge in [0.2, 0.25) is 0 Å². The molecule has 0 saturated carbocycles. The molecule has 0 unspecified atom stereocenters. The van der Waals surface area contributed by atoms with Gasteiger partial charge in [0, 0.05) is 0 Å². The second-order valence-corrected chi connectivity index (χ2v) is 10.9. The fraction of sp³-hybridized carbons (Fsp3) is 0.308. The van der Waals surface area contributed by atoms with Gasteiger partial charge in [-0.3, -0.25) is 0 Å². The maximum atomic E-state index is 4.79. The van der Waals surface area contributed by atoms with Crippen LogP contribution in [0.1, 0.15) is 52.7 Å². The summed E-state index contributed by atoms with van der Waals surface area (Å²) in [6.45, 7) is 13.5. The summed E-state index contributed by atoms with van der Waals surface area (Å²) in [4.78, 5) is 0. The van der Waals surface area contributed by atoms with Crippen molar-refractivity contribution in [1.29, 1.82) is 0 Å². The number of aromatic nitrogens is 2. The van der Waals surface area contributed by atoms with E-state index in [9.17, 15) is 0 Å². The summed E-state index contributed by atoms with van der Waals surface area (Å²) in [5, 5.41) is 0. The molecule has 0 fully saturated rings. The van der Waals surface area contributed by atoms with Crippen LogP contribution in [0.4, 0.5) is 0 Å². The summed E-state index contributed by atoms with van der Waals surface area (Å²) in [5.41, 5.74) is 9.88. The SMILES string of the molecule is CC(C)(C)c1ccc(-c2ccc(-c3ccc(C(C)(C)C)cc3)c3n[se]nc23)cc1. The number of hydrogen-bond donors (Lipinski definition) is 0. The van der Waals surface area contributed by atoms with E-state index < -0.39 is 0 Å². The third kappa shape index (κ3) is 3.95. The van der Waals surface area contributed by atoms with Crippen LogP contribution in [0.25, 0.3) is 33.3 Å². The summed E-state index contributed by atoms with van der Waals surface area (Å²) >= 11 is -0.0656. The molecule has 29 heavy (non-hydrogen) atoms. The number of benzene rings is 3. The van der Waals surface area contributed by atoms with Gasteiger partial charge in [-0.2, -0.15) is 0 Å². The number of fused-ring (bicyclic) bond motifs is 1. The molecule has 3 aromatic carbocycles. The zero-order valence-corrected chi connectivity index (χ0v) is 19.8. The Labute approximate surface area is 180 Å². The molecule has 0 aliphatic carbocycles. The molecule has 3 heteroatoms. The molecule has 0 amide bonds. The van der Waals surface area contributed by atoms with Crippen molar-refractivity contribution in [2.45, 2.75) is 52.4 Å². The van der Waals surface area contributed by atoms with Crippen LogP contribution in [0.15, 0.2) is 60.7 Å². The molecular weight excluding hydrogens is 419 g/mol. The van der Waals surface area contributed by atoms with Crippen molar-refractivity contribution in [1.82, 2.24) is 7.96 Å². The Kier molecular flexibility index (Phi) is 5.01. The van der Waals surface area contributed by atoms with Gasteiger partial charge in [-0.25, -0.2) is 0 Å². The van der Waals surface area contributed by atoms with Crippen molar-refractivity contribution < 1.29 is 0 Å². The molecule has 1 aromatic heterocycles. The molecular formula is C26H28N2Se. The summed E-state index contributed by atoms with van der Waals surface area (Å²) < 4.78 is 9.57. The predicted octanol–water partition coefficient (Wildman–Crippen LogP) is 6.62. The minimum atomic E-state index is -0.0656. The molecule has 0 saturated heterocycles. The third-order valence-corrected chi connectivity index (χ3v) is 6.65. The zero-order valence-electron chi connectivity index (χ0n) is 18.1. The topological polar surface area (TPSA) is 25.8 Å². The van der Waals surface area contributed by atoms with Crippen LogP contribution in [-0.2, 0) is 10.8 Å². The standard InChI is InChI=1S/C26H28N2Se/c1-25(2,3)19-11-7-17(8-12-19)21-15-16-22(24-23(21)27-29-28-24)18-9-13-20(14-10-18)26(4,5)6/h7-16H,1-6H3. The first kappa shape index (κ1) is 20.1. The fourth-order valence-corrected chi connectivity index (χ4v) is 4.84. The van der Waals surface area contributed by atoms with E-state index in [1.807, 2.05) is 0 Å².